The van der Waals surface area contributed by atoms with E-state index in [9.17, 15) is 0 Å². The maximum absolute atomic E-state index is 5.38. The summed E-state index contributed by atoms with van der Waals surface area (Å²) in [7, 11) is 0.789. The molecule has 0 unspecified atom stereocenters. The second kappa shape index (κ2) is 8.37. The first-order valence-electron chi connectivity index (χ1n) is 5.00. The summed E-state index contributed by atoms with van der Waals surface area (Å²) in [6.45, 7) is 5.00. The first kappa shape index (κ1) is 14.1. The number of hydrogen-bond acceptors (Lipinski definition) is 4. The summed E-state index contributed by atoms with van der Waals surface area (Å²) < 4.78 is 20.9. The monoisotopic (exact) mass is 222 g/mol. The van der Waals surface area contributed by atoms with Gasteiger partial charge in [0.2, 0.25) is 0 Å². The fourth-order valence-electron chi connectivity index (χ4n) is 0.863. The Balaban J connectivity index is 3.34. The van der Waals surface area contributed by atoms with Crippen molar-refractivity contribution in [1.29, 1.82) is 0 Å². The van der Waals surface area contributed by atoms with Gasteiger partial charge in [0.05, 0.1) is 0 Å². The van der Waals surface area contributed by atoms with Gasteiger partial charge in [0.15, 0.2) is 0 Å². The largest absolute Gasteiger partial charge is 0.498 e. The van der Waals surface area contributed by atoms with Gasteiger partial charge in [-0.15, -0.1) is 0 Å². The van der Waals surface area contributed by atoms with Crippen LogP contribution in [0.2, 0.25) is 6.55 Å². The lowest BCUT2D eigenvalue weighted by atomic mass is 10.3. The molecule has 0 saturated carbocycles. The predicted molar refractivity (Wildman–Crippen MR) is 57.1 cm³/mol. The fraction of sp³-hybridized carbons (Fsp3) is 1.00. The van der Waals surface area contributed by atoms with Crippen LogP contribution in [0.4, 0.5) is 0 Å². The van der Waals surface area contributed by atoms with Crippen LogP contribution in [0.15, 0.2) is 0 Å². The van der Waals surface area contributed by atoms with Crippen LogP contribution in [-0.2, 0) is 18.0 Å². The number of hydrogen-bond donors (Lipinski definition) is 0. The van der Waals surface area contributed by atoms with Gasteiger partial charge in [-0.3, -0.25) is 0 Å². The van der Waals surface area contributed by atoms with Gasteiger partial charge in [-0.25, -0.2) is 0 Å². The number of rotatable bonds is 9. The molecule has 14 heavy (non-hydrogen) atoms. The average Bonchev–Trinajstić information content (AvgIpc) is 2.23. The molecule has 0 bridgehead atoms. The second-order valence-electron chi connectivity index (χ2n) is 3.15. The van der Waals surface area contributed by atoms with Crippen LogP contribution in [0.5, 0.6) is 0 Å². The van der Waals surface area contributed by atoms with Gasteiger partial charge < -0.3 is 18.0 Å². The molecule has 0 atom stereocenters. The maximum Gasteiger partial charge on any atom is 0.498 e. The summed E-state index contributed by atoms with van der Waals surface area (Å²) in [6, 6.07) is 0. The van der Waals surface area contributed by atoms with E-state index in [-0.39, 0.29) is 6.79 Å². The number of unbranched alkanes of at least 4 members (excludes halogenated alkanes) is 2. The summed E-state index contributed by atoms with van der Waals surface area (Å²) >= 11 is 0. The zero-order chi connectivity index (χ0) is 10.9. The Labute approximate surface area is 87.9 Å². The Morgan fingerprint density at radius 1 is 1.07 bits per heavy atom. The minimum Gasteiger partial charge on any atom is -0.377 e. The Bertz CT molecular complexity index is 128. The molecule has 0 radical (unpaired) electrons. The Kier molecular flexibility index (Phi) is 8.41. The summed E-state index contributed by atoms with van der Waals surface area (Å²) in [5.74, 6) is 0. The van der Waals surface area contributed by atoms with Crippen LogP contribution in [0, 0.1) is 0 Å². The summed E-state index contributed by atoms with van der Waals surface area (Å²) in [5, 5.41) is 0. The van der Waals surface area contributed by atoms with Crippen molar-refractivity contribution in [3.8, 4) is 0 Å². The average molecular weight is 222 g/mol. The lowest BCUT2D eigenvalue weighted by molar-refractivity contribution is -0.0311. The van der Waals surface area contributed by atoms with Crippen molar-refractivity contribution in [1.82, 2.24) is 0 Å². The van der Waals surface area contributed by atoms with Crippen LogP contribution in [-0.4, -0.2) is 36.4 Å². The van der Waals surface area contributed by atoms with Crippen molar-refractivity contribution in [2.24, 2.45) is 0 Å². The van der Waals surface area contributed by atoms with Crippen molar-refractivity contribution < 1.29 is 18.0 Å². The lowest BCUT2D eigenvalue weighted by Gasteiger charge is -2.21. The Morgan fingerprint density at radius 3 is 2.21 bits per heavy atom. The summed E-state index contributed by atoms with van der Waals surface area (Å²) in [5.41, 5.74) is 0. The minimum atomic E-state index is -2.39. The molecule has 0 heterocycles. The fourth-order valence-corrected chi connectivity index (χ4v) is 1.56. The van der Waals surface area contributed by atoms with Gasteiger partial charge >= 0.3 is 8.80 Å². The van der Waals surface area contributed by atoms with Crippen molar-refractivity contribution in [2.45, 2.75) is 32.7 Å². The van der Waals surface area contributed by atoms with Crippen molar-refractivity contribution in [2.75, 3.05) is 27.6 Å². The Hall–Kier alpha value is 0.0569. The summed E-state index contributed by atoms with van der Waals surface area (Å²) in [6.07, 6.45) is 3.48. The molecule has 0 aromatic heterocycles. The van der Waals surface area contributed by atoms with E-state index < -0.39 is 8.80 Å². The molecule has 0 spiro atoms. The van der Waals surface area contributed by atoms with Gasteiger partial charge in [-0.2, -0.15) is 0 Å². The molecular formula is C9H22O4Si. The van der Waals surface area contributed by atoms with E-state index in [2.05, 4.69) is 6.92 Å². The van der Waals surface area contributed by atoms with Crippen LogP contribution in [0.25, 0.3) is 0 Å². The third-order valence-electron chi connectivity index (χ3n) is 2.04. The third kappa shape index (κ3) is 6.50. The molecule has 0 aliphatic heterocycles. The molecule has 0 aliphatic carbocycles. The van der Waals surface area contributed by atoms with E-state index >= 15 is 0 Å². The van der Waals surface area contributed by atoms with Crippen LogP contribution >= 0.6 is 0 Å². The van der Waals surface area contributed by atoms with E-state index in [1.165, 1.54) is 12.8 Å². The highest BCUT2D eigenvalue weighted by atomic mass is 28.4. The van der Waals surface area contributed by atoms with E-state index in [1.807, 2.05) is 6.55 Å². The zero-order valence-corrected chi connectivity index (χ0v) is 10.7. The molecule has 0 aromatic rings. The normalized spacial score (nSPS) is 12.0. The quantitative estimate of drug-likeness (QED) is 0.340. The number of ether oxygens (including phenoxy) is 1. The van der Waals surface area contributed by atoms with Crippen molar-refractivity contribution in [3.63, 3.8) is 0 Å². The summed E-state index contributed by atoms with van der Waals surface area (Å²) in [4.78, 5) is 0. The molecule has 86 valence electrons. The second-order valence-corrected chi connectivity index (χ2v) is 5.98. The molecule has 0 aliphatic rings. The molecule has 0 rings (SSSR count). The molecular weight excluding hydrogens is 200 g/mol. The molecule has 5 heteroatoms. The third-order valence-corrected chi connectivity index (χ3v) is 4.16. The first-order valence-corrected chi connectivity index (χ1v) is 7.23. The van der Waals surface area contributed by atoms with Crippen LogP contribution in [0.3, 0.4) is 0 Å². The molecule has 0 aromatic carbocycles. The Morgan fingerprint density at radius 2 is 1.71 bits per heavy atom. The van der Waals surface area contributed by atoms with Gasteiger partial charge in [0.25, 0.3) is 0 Å². The van der Waals surface area contributed by atoms with E-state index in [0.29, 0.717) is 0 Å². The predicted octanol–water partition coefficient (Wildman–Crippen LogP) is 2.03. The van der Waals surface area contributed by atoms with Crippen LogP contribution in [0.1, 0.15) is 26.2 Å². The lowest BCUT2D eigenvalue weighted by Crippen LogP contribution is -2.40. The molecule has 4 nitrogen and oxygen atoms in total. The van der Waals surface area contributed by atoms with E-state index in [4.69, 9.17) is 18.0 Å². The van der Waals surface area contributed by atoms with Crippen molar-refractivity contribution in [3.05, 3.63) is 0 Å². The van der Waals surface area contributed by atoms with E-state index in [1.54, 1.807) is 14.2 Å². The SMILES string of the molecule is CCCCCOCO[Si](C)(OC)OC. The highest BCUT2D eigenvalue weighted by Crippen LogP contribution is 2.06. The highest BCUT2D eigenvalue weighted by Gasteiger charge is 2.31. The van der Waals surface area contributed by atoms with Crippen LogP contribution < -0.4 is 0 Å². The topological polar surface area (TPSA) is 36.9 Å². The smallest absolute Gasteiger partial charge is 0.377 e. The van der Waals surface area contributed by atoms with Gasteiger partial charge in [-0.1, -0.05) is 19.8 Å². The standard InChI is InChI=1S/C9H22O4Si/c1-5-6-7-8-12-9-13-14(4,10-2)11-3/h5-9H2,1-4H3. The van der Waals surface area contributed by atoms with E-state index in [0.717, 1.165) is 13.0 Å². The molecule has 0 amide bonds. The molecule has 0 N–H and O–H groups in total. The molecule has 0 fully saturated rings. The van der Waals surface area contributed by atoms with Gasteiger partial charge in [0.1, 0.15) is 6.79 Å². The minimum absolute atomic E-state index is 0.258. The zero-order valence-electron chi connectivity index (χ0n) is 9.67. The maximum atomic E-state index is 5.38. The van der Waals surface area contributed by atoms with Crippen molar-refractivity contribution >= 4 is 8.80 Å². The van der Waals surface area contributed by atoms with Gasteiger partial charge in [0, 0.05) is 27.4 Å². The van der Waals surface area contributed by atoms with Gasteiger partial charge in [-0.05, 0) is 6.42 Å². The highest BCUT2D eigenvalue weighted by molar-refractivity contribution is 6.59. The first-order chi connectivity index (χ1) is 6.68. The molecule has 0 saturated heterocycles.